The molecule has 0 unspecified atom stereocenters. The molecule has 17 heavy (non-hydrogen) atoms. The first kappa shape index (κ1) is 13.9. The van der Waals surface area contributed by atoms with E-state index < -0.39 is 17.7 Å². The Morgan fingerprint density at radius 3 is 2.82 bits per heavy atom. The number of aromatic amines is 1. The summed E-state index contributed by atoms with van der Waals surface area (Å²) < 4.78 is 0.678. The normalized spacial score (nSPS) is 12.5. The first-order chi connectivity index (χ1) is 7.90. The van der Waals surface area contributed by atoms with E-state index in [0.29, 0.717) is 15.8 Å². The highest BCUT2D eigenvalue weighted by molar-refractivity contribution is 14.1. The van der Waals surface area contributed by atoms with Crippen molar-refractivity contribution < 1.29 is 9.90 Å². The van der Waals surface area contributed by atoms with Crippen LogP contribution >= 0.6 is 22.6 Å². The quantitative estimate of drug-likeness (QED) is 0.695. The highest BCUT2D eigenvalue weighted by atomic mass is 127. The van der Waals surface area contributed by atoms with Crippen LogP contribution in [0.5, 0.6) is 0 Å². The molecule has 0 radical (unpaired) electrons. The van der Waals surface area contributed by atoms with E-state index in [2.05, 4.69) is 15.3 Å². The summed E-state index contributed by atoms with van der Waals surface area (Å²) in [5.74, 6) is -0.291. The maximum Gasteiger partial charge on any atom is 0.346 e. The molecule has 1 atom stereocenters. The third-order valence-electron chi connectivity index (χ3n) is 2.09. The molecule has 0 fully saturated rings. The zero-order chi connectivity index (χ0) is 13.0. The molecule has 0 saturated carbocycles. The standard InChI is InChI=1S/C10H14IN3O3/c1-5(2)3-7(9(15)16)13-8-6(11)4-12-10(17)14-8/h4-5,7H,3H2,1-2H3,(H,15,16)(H2,12,13,14,17)/t7-/m0/s1. The van der Waals surface area contributed by atoms with E-state index in [0.717, 1.165) is 0 Å². The van der Waals surface area contributed by atoms with Crippen molar-refractivity contribution in [1.82, 2.24) is 9.97 Å². The number of aliphatic carboxylic acids is 1. The molecule has 0 aliphatic carbocycles. The molecule has 6 nitrogen and oxygen atoms in total. The number of nitrogens with one attached hydrogen (secondary N) is 2. The highest BCUT2D eigenvalue weighted by Gasteiger charge is 2.19. The second kappa shape index (κ2) is 5.99. The second-order valence-electron chi connectivity index (χ2n) is 4.08. The number of anilines is 1. The third-order valence-corrected chi connectivity index (χ3v) is 2.91. The van der Waals surface area contributed by atoms with Crippen LogP contribution in [0.25, 0.3) is 0 Å². The Bertz CT molecular complexity index is 458. The molecular formula is C10H14IN3O3. The molecule has 7 heteroatoms. The molecule has 1 heterocycles. The van der Waals surface area contributed by atoms with Crippen molar-refractivity contribution in [1.29, 1.82) is 0 Å². The molecule has 1 aromatic rings. The van der Waals surface area contributed by atoms with Crippen LogP contribution in [0, 0.1) is 9.49 Å². The number of nitrogens with zero attached hydrogens (tertiary/aromatic N) is 1. The second-order valence-corrected chi connectivity index (χ2v) is 5.24. The van der Waals surface area contributed by atoms with Crippen molar-refractivity contribution in [3.63, 3.8) is 0 Å². The molecule has 0 saturated heterocycles. The number of H-pyrrole nitrogens is 1. The van der Waals surface area contributed by atoms with Crippen LogP contribution in [0.3, 0.4) is 0 Å². The molecule has 1 aromatic heterocycles. The van der Waals surface area contributed by atoms with Crippen LogP contribution in [0.1, 0.15) is 20.3 Å². The van der Waals surface area contributed by atoms with Crippen molar-refractivity contribution in [2.45, 2.75) is 26.3 Å². The van der Waals surface area contributed by atoms with Gasteiger partial charge in [0.15, 0.2) is 0 Å². The van der Waals surface area contributed by atoms with Crippen LogP contribution in [-0.4, -0.2) is 27.1 Å². The largest absolute Gasteiger partial charge is 0.480 e. The molecule has 0 aliphatic rings. The predicted molar refractivity (Wildman–Crippen MR) is 72.1 cm³/mol. The molecule has 3 N–H and O–H groups in total. The van der Waals surface area contributed by atoms with Gasteiger partial charge in [0.25, 0.3) is 0 Å². The molecule has 0 bridgehead atoms. The Labute approximate surface area is 112 Å². The van der Waals surface area contributed by atoms with Gasteiger partial charge in [-0.15, -0.1) is 0 Å². The van der Waals surface area contributed by atoms with Gasteiger partial charge in [0.05, 0.1) is 3.57 Å². The monoisotopic (exact) mass is 351 g/mol. The van der Waals surface area contributed by atoms with Gasteiger partial charge in [-0.1, -0.05) is 13.8 Å². The first-order valence-corrected chi connectivity index (χ1v) is 6.22. The number of carbonyl (C=O) groups is 1. The predicted octanol–water partition coefficient (Wildman–Crippen LogP) is 1.29. The van der Waals surface area contributed by atoms with E-state index in [4.69, 9.17) is 5.11 Å². The lowest BCUT2D eigenvalue weighted by molar-refractivity contribution is -0.138. The van der Waals surface area contributed by atoms with E-state index in [1.165, 1.54) is 6.20 Å². The summed E-state index contributed by atoms with van der Waals surface area (Å²) >= 11 is 1.98. The lowest BCUT2D eigenvalue weighted by atomic mass is 10.0. The molecule has 0 amide bonds. The fourth-order valence-electron chi connectivity index (χ4n) is 1.35. The summed E-state index contributed by atoms with van der Waals surface area (Å²) in [7, 11) is 0. The minimum atomic E-state index is -0.938. The summed E-state index contributed by atoms with van der Waals surface area (Å²) in [5.41, 5.74) is -0.499. The van der Waals surface area contributed by atoms with Gasteiger partial charge >= 0.3 is 11.7 Å². The summed E-state index contributed by atoms with van der Waals surface area (Å²) in [6.45, 7) is 3.88. The Balaban J connectivity index is 2.89. The van der Waals surface area contributed by atoms with Crippen LogP contribution in [-0.2, 0) is 4.79 Å². The number of aromatic nitrogens is 2. The van der Waals surface area contributed by atoms with Crippen molar-refractivity contribution in [3.05, 3.63) is 20.3 Å². The van der Waals surface area contributed by atoms with Crippen molar-refractivity contribution in [2.75, 3.05) is 5.32 Å². The van der Waals surface area contributed by atoms with Gasteiger partial charge in [0.2, 0.25) is 0 Å². The van der Waals surface area contributed by atoms with Crippen LogP contribution < -0.4 is 11.0 Å². The smallest absolute Gasteiger partial charge is 0.346 e. The van der Waals surface area contributed by atoms with Crippen molar-refractivity contribution in [3.8, 4) is 0 Å². The van der Waals surface area contributed by atoms with Gasteiger partial charge in [-0.25, -0.2) is 14.6 Å². The number of carboxylic acid groups (broad SMARTS) is 1. The van der Waals surface area contributed by atoms with Gasteiger partial charge in [-0.05, 0) is 34.9 Å². The number of carboxylic acids is 1. The maximum absolute atomic E-state index is 11.1. The van der Waals surface area contributed by atoms with Crippen molar-refractivity contribution in [2.24, 2.45) is 5.92 Å². The number of halogens is 1. The maximum atomic E-state index is 11.1. The lowest BCUT2D eigenvalue weighted by Crippen LogP contribution is -2.32. The molecule has 0 spiro atoms. The topological polar surface area (TPSA) is 95.1 Å². The van der Waals surface area contributed by atoms with Gasteiger partial charge in [0, 0.05) is 6.20 Å². The summed E-state index contributed by atoms with van der Waals surface area (Å²) in [6.07, 6.45) is 1.88. The zero-order valence-electron chi connectivity index (χ0n) is 9.53. The Kier molecular flexibility index (Phi) is 4.91. The highest BCUT2D eigenvalue weighted by Crippen LogP contribution is 2.15. The van der Waals surface area contributed by atoms with Gasteiger partial charge in [-0.3, -0.25) is 4.98 Å². The fourth-order valence-corrected chi connectivity index (χ4v) is 1.78. The first-order valence-electron chi connectivity index (χ1n) is 5.14. The van der Waals surface area contributed by atoms with E-state index in [1.54, 1.807) is 0 Å². The Morgan fingerprint density at radius 1 is 1.65 bits per heavy atom. The minimum Gasteiger partial charge on any atom is -0.480 e. The van der Waals surface area contributed by atoms with E-state index >= 15 is 0 Å². The Hall–Kier alpha value is -1.12. The van der Waals surface area contributed by atoms with E-state index in [-0.39, 0.29) is 5.92 Å². The summed E-state index contributed by atoms with van der Waals surface area (Å²) in [6, 6.07) is -0.721. The SMILES string of the molecule is CC(C)C[C@H](Nc1[nH]c(=O)ncc1I)C(=O)O. The third kappa shape index (κ3) is 4.33. The van der Waals surface area contributed by atoms with Crippen LogP contribution in [0.4, 0.5) is 5.82 Å². The average molecular weight is 351 g/mol. The van der Waals surface area contributed by atoms with E-state index in [9.17, 15) is 9.59 Å². The van der Waals surface area contributed by atoms with Gasteiger partial charge in [-0.2, -0.15) is 0 Å². The molecular weight excluding hydrogens is 337 g/mol. The van der Waals surface area contributed by atoms with E-state index in [1.807, 2.05) is 36.4 Å². The molecule has 1 rings (SSSR count). The van der Waals surface area contributed by atoms with Crippen LogP contribution in [0.2, 0.25) is 0 Å². The number of hydrogen-bond donors (Lipinski definition) is 3. The summed E-state index contributed by atoms with van der Waals surface area (Å²) in [5, 5.41) is 11.9. The fraction of sp³-hybridized carbons (Fsp3) is 0.500. The minimum absolute atomic E-state index is 0.245. The Morgan fingerprint density at radius 2 is 2.29 bits per heavy atom. The number of hydrogen-bond acceptors (Lipinski definition) is 4. The van der Waals surface area contributed by atoms with Crippen molar-refractivity contribution >= 4 is 34.4 Å². The average Bonchev–Trinajstić information content (AvgIpc) is 2.21. The van der Waals surface area contributed by atoms with Gasteiger partial charge in [0.1, 0.15) is 11.9 Å². The lowest BCUT2D eigenvalue weighted by Gasteiger charge is -2.17. The van der Waals surface area contributed by atoms with Gasteiger partial charge < -0.3 is 10.4 Å². The zero-order valence-corrected chi connectivity index (χ0v) is 11.7. The number of rotatable bonds is 5. The van der Waals surface area contributed by atoms with Crippen LogP contribution in [0.15, 0.2) is 11.0 Å². The molecule has 0 aromatic carbocycles. The summed E-state index contributed by atoms with van der Waals surface area (Å²) in [4.78, 5) is 28.2. The molecule has 0 aliphatic heterocycles. The molecule has 94 valence electrons.